The highest BCUT2D eigenvalue weighted by Crippen LogP contribution is 2.40. The molecule has 5 heteroatoms. The summed E-state index contributed by atoms with van der Waals surface area (Å²) in [5, 5.41) is 6.51. The Morgan fingerprint density at radius 1 is 1.11 bits per heavy atom. The summed E-state index contributed by atoms with van der Waals surface area (Å²) >= 11 is 8.13. The molecule has 0 aliphatic heterocycles. The molecule has 2 aromatic carbocycles. The molecule has 0 N–H and O–H groups in total. The Morgan fingerprint density at radius 3 is 2.70 bits per heavy atom. The van der Waals surface area contributed by atoms with Crippen molar-refractivity contribution in [1.82, 2.24) is 14.3 Å². The first-order valence-corrected chi connectivity index (χ1v) is 10.4. The molecular weight excluding hydrogens is 374 g/mol. The van der Waals surface area contributed by atoms with Crippen LogP contribution in [0.15, 0.2) is 70.7 Å². The minimum Gasteiger partial charge on any atom is -0.310 e. The van der Waals surface area contributed by atoms with Gasteiger partial charge >= 0.3 is 0 Å². The van der Waals surface area contributed by atoms with Crippen LogP contribution in [0.25, 0.3) is 16.6 Å². The molecule has 0 unspecified atom stereocenters. The monoisotopic (exact) mass is 395 g/mol. The lowest BCUT2D eigenvalue weighted by Gasteiger charge is -2.06. The van der Waals surface area contributed by atoms with E-state index in [1.807, 2.05) is 29.1 Å². The van der Waals surface area contributed by atoms with E-state index in [-0.39, 0.29) is 0 Å². The molecule has 27 heavy (non-hydrogen) atoms. The van der Waals surface area contributed by atoms with E-state index in [0.29, 0.717) is 0 Å². The Bertz CT molecular complexity index is 1070. The molecule has 0 aliphatic rings. The van der Waals surface area contributed by atoms with Gasteiger partial charge in [-0.25, -0.2) is 0 Å². The summed E-state index contributed by atoms with van der Waals surface area (Å²) in [6.45, 7) is 5.31. The summed E-state index contributed by atoms with van der Waals surface area (Å²) < 4.78 is 4.29. The van der Waals surface area contributed by atoms with Gasteiger partial charge in [0.25, 0.3) is 0 Å². The number of unbranched alkanes of at least 4 members (excludes halogenated alkanes) is 1. The number of fused-ring (bicyclic) bond motifs is 1. The maximum Gasteiger partial charge on any atom is 0.0840 e. The van der Waals surface area contributed by atoms with Crippen LogP contribution >= 0.6 is 23.4 Å². The first-order valence-electron chi connectivity index (χ1n) is 9.23. The summed E-state index contributed by atoms with van der Waals surface area (Å²) in [5.41, 5.74) is 3.40. The van der Waals surface area contributed by atoms with Crippen LogP contribution in [0.4, 0.5) is 0 Å². The minimum atomic E-state index is 0.746. The van der Waals surface area contributed by atoms with Crippen molar-refractivity contribution in [1.29, 1.82) is 0 Å². The molecule has 0 aliphatic carbocycles. The van der Waals surface area contributed by atoms with Gasteiger partial charge in [-0.2, -0.15) is 5.10 Å². The molecular formula is C22H22ClN3S. The molecule has 0 saturated heterocycles. The molecule has 0 amide bonds. The van der Waals surface area contributed by atoms with Gasteiger partial charge in [-0.3, -0.25) is 4.68 Å². The quantitative estimate of drug-likeness (QED) is 0.360. The van der Waals surface area contributed by atoms with Gasteiger partial charge < -0.3 is 4.57 Å². The van der Waals surface area contributed by atoms with Gasteiger partial charge in [-0.05, 0) is 37.6 Å². The molecule has 138 valence electrons. The normalized spacial score (nSPS) is 11.4. The van der Waals surface area contributed by atoms with Crippen molar-refractivity contribution in [2.45, 2.75) is 43.0 Å². The average Bonchev–Trinajstić information content (AvgIpc) is 3.23. The lowest BCUT2D eigenvalue weighted by atomic mass is 10.2. The maximum absolute atomic E-state index is 6.33. The fourth-order valence-corrected chi connectivity index (χ4v) is 4.55. The van der Waals surface area contributed by atoms with Crippen LogP contribution in [0.2, 0.25) is 5.02 Å². The van der Waals surface area contributed by atoms with Crippen LogP contribution in [0.5, 0.6) is 0 Å². The van der Waals surface area contributed by atoms with Gasteiger partial charge in [-0.15, -0.1) is 0 Å². The van der Waals surface area contributed by atoms with Crippen LogP contribution in [0, 0.1) is 6.92 Å². The molecule has 4 aromatic rings. The zero-order valence-electron chi connectivity index (χ0n) is 15.5. The number of aromatic nitrogens is 3. The second kappa shape index (κ2) is 7.83. The number of hydrogen-bond donors (Lipinski definition) is 0. The first kappa shape index (κ1) is 18.2. The van der Waals surface area contributed by atoms with E-state index in [9.17, 15) is 0 Å². The van der Waals surface area contributed by atoms with Crippen molar-refractivity contribution in [2.24, 2.45) is 0 Å². The number of rotatable bonds is 6. The van der Waals surface area contributed by atoms with E-state index >= 15 is 0 Å². The van der Waals surface area contributed by atoms with Crippen LogP contribution in [0.1, 0.15) is 25.5 Å². The number of hydrogen-bond acceptors (Lipinski definition) is 2. The first-order chi connectivity index (χ1) is 13.2. The van der Waals surface area contributed by atoms with Crippen LogP contribution < -0.4 is 0 Å². The Balaban J connectivity index is 1.83. The Labute approximate surface area is 169 Å². The van der Waals surface area contributed by atoms with Gasteiger partial charge in [0.1, 0.15) is 0 Å². The number of aryl methyl sites for hydroxylation is 1. The van der Waals surface area contributed by atoms with E-state index in [0.717, 1.165) is 35.6 Å². The Kier molecular flexibility index (Phi) is 5.28. The van der Waals surface area contributed by atoms with Gasteiger partial charge in [0.2, 0.25) is 0 Å². The fraction of sp³-hybridized carbons (Fsp3) is 0.227. The van der Waals surface area contributed by atoms with E-state index < -0.39 is 0 Å². The van der Waals surface area contributed by atoms with Crippen LogP contribution in [-0.2, 0) is 6.54 Å². The summed E-state index contributed by atoms with van der Waals surface area (Å²) in [7, 11) is 0. The molecule has 2 aromatic heterocycles. The third kappa shape index (κ3) is 3.64. The molecule has 0 spiro atoms. The predicted octanol–water partition coefficient (Wildman–Crippen LogP) is 6.74. The smallest absolute Gasteiger partial charge is 0.0840 e. The lowest BCUT2D eigenvalue weighted by Crippen LogP contribution is -1.98. The van der Waals surface area contributed by atoms with Crippen LogP contribution in [-0.4, -0.2) is 14.3 Å². The number of benzene rings is 2. The van der Waals surface area contributed by atoms with E-state index in [1.54, 1.807) is 11.8 Å². The summed E-state index contributed by atoms with van der Waals surface area (Å²) in [6, 6.07) is 16.6. The highest BCUT2D eigenvalue weighted by Gasteiger charge is 2.17. The highest BCUT2D eigenvalue weighted by atomic mass is 35.5. The molecule has 0 saturated carbocycles. The SMILES string of the molecule is CCCCn1cc(-n2c(C)c(Sc3ccccc3)c3ccc(Cl)cc32)cn1. The molecule has 4 rings (SSSR count). The molecule has 0 radical (unpaired) electrons. The largest absolute Gasteiger partial charge is 0.310 e. The minimum absolute atomic E-state index is 0.746. The van der Waals surface area contributed by atoms with Crippen molar-refractivity contribution >= 4 is 34.3 Å². The molecule has 0 atom stereocenters. The van der Waals surface area contributed by atoms with Crippen molar-refractivity contribution in [3.05, 3.63) is 71.6 Å². The zero-order valence-corrected chi connectivity index (χ0v) is 17.1. The van der Waals surface area contributed by atoms with Gasteiger partial charge in [0.05, 0.1) is 17.4 Å². The maximum atomic E-state index is 6.33. The van der Waals surface area contributed by atoms with Gasteiger partial charge in [-0.1, -0.05) is 61.0 Å². The Morgan fingerprint density at radius 2 is 1.93 bits per heavy atom. The van der Waals surface area contributed by atoms with Crippen molar-refractivity contribution < 1.29 is 0 Å². The number of nitrogens with zero attached hydrogens (tertiary/aromatic N) is 3. The third-order valence-electron chi connectivity index (χ3n) is 4.69. The molecule has 2 heterocycles. The Hall–Kier alpha value is -2.17. The van der Waals surface area contributed by atoms with Crippen LogP contribution in [0.3, 0.4) is 0 Å². The summed E-state index contributed by atoms with van der Waals surface area (Å²) in [4.78, 5) is 2.49. The fourth-order valence-electron chi connectivity index (χ4n) is 3.34. The summed E-state index contributed by atoms with van der Waals surface area (Å²) in [6.07, 6.45) is 6.36. The topological polar surface area (TPSA) is 22.8 Å². The van der Waals surface area contributed by atoms with Crippen molar-refractivity contribution in [2.75, 3.05) is 0 Å². The molecule has 3 nitrogen and oxygen atoms in total. The predicted molar refractivity (Wildman–Crippen MR) is 114 cm³/mol. The molecule has 0 bridgehead atoms. The third-order valence-corrected chi connectivity index (χ3v) is 6.15. The van der Waals surface area contributed by atoms with E-state index in [1.165, 1.54) is 20.9 Å². The van der Waals surface area contributed by atoms with Gasteiger partial charge in [0, 0.05) is 38.6 Å². The van der Waals surface area contributed by atoms with E-state index in [4.69, 9.17) is 11.6 Å². The van der Waals surface area contributed by atoms with Crippen molar-refractivity contribution in [3.8, 4) is 5.69 Å². The highest BCUT2D eigenvalue weighted by molar-refractivity contribution is 7.99. The second-order valence-electron chi connectivity index (χ2n) is 6.64. The van der Waals surface area contributed by atoms with Crippen molar-refractivity contribution in [3.63, 3.8) is 0 Å². The summed E-state index contributed by atoms with van der Waals surface area (Å²) in [5.74, 6) is 0. The second-order valence-corrected chi connectivity index (χ2v) is 8.16. The van der Waals surface area contributed by atoms with Gasteiger partial charge in [0.15, 0.2) is 0 Å². The standard InChI is InChI=1S/C22H22ClN3S/c1-3-4-12-25-15-18(14-24-25)26-16(2)22(27-19-8-6-5-7-9-19)20-11-10-17(23)13-21(20)26/h5-11,13-15H,3-4,12H2,1-2H3. The lowest BCUT2D eigenvalue weighted by molar-refractivity contribution is 0.571. The average molecular weight is 396 g/mol. The molecule has 0 fully saturated rings. The number of halogens is 1. The van der Waals surface area contributed by atoms with E-state index in [2.05, 4.69) is 60.0 Å². The zero-order chi connectivity index (χ0) is 18.8.